The van der Waals surface area contributed by atoms with E-state index < -0.39 is 26.2 Å². The van der Waals surface area contributed by atoms with E-state index in [0.29, 0.717) is 12.3 Å². The zero-order valence-corrected chi connectivity index (χ0v) is 25.7. The quantitative estimate of drug-likeness (QED) is 0.0369. The van der Waals surface area contributed by atoms with Gasteiger partial charge in [0.15, 0.2) is 6.29 Å². The fourth-order valence-corrected chi connectivity index (χ4v) is 5.39. The molecule has 0 aromatic rings. The zero-order chi connectivity index (χ0) is 27.1. The van der Waals surface area contributed by atoms with Crippen LogP contribution in [0.4, 0.5) is 0 Å². The molecule has 8 heteroatoms. The second-order valence-corrected chi connectivity index (χ2v) is 11.7. The summed E-state index contributed by atoms with van der Waals surface area (Å²) in [7, 11) is -0.830. The maximum Gasteiger partial charge on any atom is 0.374 e. The van der Waals surface area contributed by atoms with Crippen molar-refractivity contribution in [2.75, 3.05) is 7.11 Å². The van der Waals surface area contributed by atoms with Crippen LogP contribution in [0.2, 0.25) is 0 Å². The molecule has 0 amide bonds. The average Bonchev–Trinajstić information content (AvgIpc) is 2.88. The van der Waals surface area contributed by atoms with E-state index >= 15 is 0 Å². The summed E-state index contributed by atoms with van der Waals surface area (Å²) in [5.74, 6) is -0.554. The largest absolute Gasteiger partial charge is 0.465 e. The van der Waals surface area contributed by atoms with Gasteiger partial charge in [-0.2, -0.15) is 0 Å². The molecule has 216 valence electrons. The molecule has 0 spiro atoms. The van der Waals surface area contributed by atoms with Crippen molar-refractivity contribution >= 4 is 27.1 Å². The smallest absolute Gasteiger partial charge is 0.374 e. The number of esters is 1. The highest BCUT2D eigenvalue weighted by molar-refractivity contribution is 7.80. The monoisotopic (exact) mass is 552 g/mol. The highest BCUT2D eigenvalue weighted by Crippen LogP contribution is 2.30. The van der Waals surface area contributed by atoms with E-state index in [1.54, 1.807) is 0 Å². The Morgan fingerprint density at radius 3 is 1.67 bits per heavy atom. The van der Waals surface area contributed by atoms with E-state index in [-0.39, 0.29) is 5.44 Å². The van der Waals surface area contributed by atoms with E-state index in [0.717, 1.165) is 20.0 Å². The highest BCUT2D eigenvalue weighted by Gasteiger charge is 2.40. The van der Waals surface area contributed by atoms with Gasteiger partial charge in [0.25, 0.3) is 0 Å². The van der Waals surface area contributed by atoms with Crippen LogP contribution in [0.3, 0.4) is 0 Å². The van der Waals surface area contributed by atoms with Gasteiger partial charge in [0.05, 0.1) is 7.11 Å². The Morgan fingerprint density at radius 1 is 0.833 bits per heavy atom. The predicted molar refractivity (Wildman–Crippen MR) is 154 cm³/mol. The van der Waals surface area contributed by atoms with Crippen LogP contribution >= 0.6 is 21.1 Å². The lowest BCUT2D eigenvalue weighted by atomic mass is 9.91. The molecule has 36 heavy (non-hydrogen) atoms. The molecule has 1 N–H and O–H groups in total. The van der Waals surface area contributed by atoms with Crippen molar-refractivity contribution in [1.29, 1.82) is 0 Å². The number of ether oxygens (including phenoxy) is 3. The second-order valence-electron chi connectivity index (χ2n) is 10.1. The Morgan fingerprint density at radius 2 is 1.28 bits per heavy atom. The SMILES string of the molecule is CCCCCCCCCCCCC(CCCCCCC)CC(S)OC(CC)OC(O)([PH2]=O)C(=O)OC. The van der Waals surface area contributed by atoms with E-state index in [1.165, 1.54) is 103 Å². The van der Waals surface area contributed by atoms with E-state index in [2.05, 4.69) is 31.2 Å². The minimum atomic E-state index is -2.46. The average molecular weight is 553 g/mol. The van der Waals surface area contributed by atoms with Crippen LogP contribution < -0.4 is 0 Å². The maximum absolute atomic E-state index is 11.8. The van der Waals surface area contributed by atoms with Gasteiger partial charge >= 0.3 is 11.5 Å². The summed E-state index contributed by atoms with van der Waals surface area (Å²) in [6, 6.07) is 0. The van der Waals surface area contributed by atoms with Gasteiger partial charge in [0.2, 0.25) is 0 Å². The summed E-state index contributed by atoms with van der Waals surface area (Å²) in [6.07, 6.45) is 22.3. The number of unbranched alkanes of at least 4 members (excludes halogenated alkanes) is 13. The molecule has 0 fully saturated rings. The molecule has 0 saturated heterocycles. The number of rotatable bonds is 26. The van der Waals surface area contributed by atoms with Crippen molar-refractivity contribution in [3.63, 3.8) is 0 Å². The molecule has 6 nitrogen and oxygen atoms in total. The lowest BCUT2D eigenvalue weighted by molar-refractivity contribution is -0.257. The molecular weight excluding hydrogens is 495 g/mol. The Hall–Kier alpha value is -0.0700. The van der Waals surface area contributed by atoms with Gasteiger partial charge in [-0.05, 0) is 18.8 Å². The molecular formula is C28H57O6PS. The predicted octanol–water partition coefficient (Wildman–Crippen LogP) is 8.26. The van der Waals surface area contributed by atoms with Crippen molar-refractivity contribution < 1.29 is 28.7 Å². The first-order valence-corrected chi connectivity index (χ1v) is 16.2. The van der Waals surface area contributed by atoms with Gasteiger partial charge in [-0.3, -0.25) is 0 Å². The minimum Gasteiger partial charge on any atom is -0.465 e. The van der Waals surface area contributed by atoms with Crippen molar-refractivity contribution in [2.24, 2.45) is 5.92 Å². The van der Waals surface area contributed by atoms with Crippen molar-refractivity contribution in [2.45, 2.75) is 160 Å². The van der Waals surface area contributed by atoms with E-state index in [4.69, 9.17) is 9.47 Å². The summed E-state index contributed by atoms with van der Waals surface area (Å²) in [5.41, 5.74) is -2.85. The Bertz CT molecular complexity index is 538. The number of carbonyl (C=O) groups excluding carboxylic acids is 1. The van der Waals surface area contributed by atoms with Gasteiger partial charge in [0.1, 0.15) is 13.9 Å². The summed E-state index contributed by atoms with van der Waals surface area (Å²) in [6.45, 7) is 6.31. The van der Waals surface area contributed by atoms with Gasteiger partial charge < -0.3 is 23.9 Å². The number of thiol groups is 1. The first-order valence-electron chi connectivity index (χ1n) is 14.6. The molecule has 5 unspecified atom stereocenters. The number of hydrogen-bond donors (Lipinski definition) is 2. The van der Waals surface area contributed by atoms with Gasteiger partial charge in [-0.25, -0.2) is 4.79 Å². The summed E-state index contributed by atoms with van der Waals surface area (Å²) in [5, 5.41) is 10.3. The second kappa shape index (κ2) is 24.0. The fraction of sp³-hybridized carbons (Fsp3) is 0.964. The van der Waals surface area contributed by atoms with Crippen molar-refractivity contribution in [3.8, 4) is 0 Å². The number of methoxy groups -OCH3 is 1. The molecule has 0 aromatic heterocycles. The third-order valence-electron chi connectivity index (χ3n) is 6.81. The Balaban J connectivity index is 4.58. The first-order chi connectivity index (χ1) is 17.4. The normalized spacial score (nSPS) is 16.2. The standard InChI is InChI=1S/C28H57O6PS/c1-5-8-10-12-13-14-15-16-18-20-22-24(21-19-17-11-9-6-2)23-26(36)33-25(7-3)34-28(30,35-31)27(29)32-4/h24-26,30,36H,5-23,35H2,1-4H3. The molecule has 0 aliphatic carbocycles. The highest BCUT2D eigenvalue weighted by atomic mass is 32.1. The van der Waals surface area contributed by atoms with E-state index in [9.17, 15) is 14.5 Å². The zero-order valence-electron chi connectivity index (χ0n) is 23.7. The number of hydrogen-bond acceptors (Lipinski definition) is 7. The Kier molecular flexibility index (Phi) is 24.0. The summed E-state index contributed by atoms with van der Waals surface area (Å²) < 4.78 is 27.3. The van der Waals surface area contributed by atoms with Crippen LogP contribution in [0.15, 0.2) is 0 Å². The first kappa shape index (κ1) is 35.9. The van der Waals surface area contributed by atoms with Crippen LogP contribution in [0, 0.1) is 5.92 Å². The van der Waals surface area contributed by atoms with Gasteiger partial charge in [-0.1, -0.05) is 130 Å². The molecule has 0 aromatic carbocycles. The molecule has 0 radical (unpaired) electrons. The topological polar surface area (TPSA) is 82.1 Å². The third-order valence-corrected chi connectivity index (χ3v) is 7.83. The molecule has 5 atom stereocenters. The minimum absolute atomic E-state index is 0.385. The number of aliphatic hydroxyl groups is 1. The molecule has 0 bridgehead atoms. The van der Waals surface area contributed by atoms with Crippen LogP contribution in [0.5, 0.6) is 0 Å². The fourth-order valence-electron chi connectivity index (χ4n) is 4.53. The van der Waals surface area contributed by atoms with Gasteiger partial charge in [-0.15, -0.1) is 12.6 Å². The lowest BCUT2D eigenvalue weighted by Gasteiger charge is -2.29. The summed E-state index contributed by atoms with van der Waals surface area (Å²) in [4.78, 5) is 11.8. The lowest BCUT2D eigenvalue weighted by Crippen LogP contribution is -2.41. The van der Waals surface area contributed by atoms with Crippen LogP contribution in [-0.2, 0) is 23.6 Å². The van der Waals surface area contributed by atoms with Crippen molar-refractivity contribution in [1.82, 2.24) is 0 Å². The third kappa shape index (κ3) is 18.2. The van der Waals surface area contributed by atoms with Crippen molar-refractivity contribution in [3.05, 3.63) is 0 Å². The number of carbonyl (C=O) groups is 1. The molecule has 0 rings (SSSR count). The van der Waals surface area contributed by atoms with Crippen LogP contribution in [0.1, 0.15) is 143 Å². The molecule has 0 aliphatic heterocycles. The van der Waals surface area contributed by atoms with Crippen LogP contribution in [-0.4, -0.2) is 35.4 Å². The Labute approximate surface area is 228 Å². The molecule has 0 heterocycles. The molecule has 0 aliphatic rings. The maximum atomic E-state index is 11.8. The van der Waals surface area contributed by atoms with Gasteiger partial charge in [0, 0.05) is 0 Å². The molecule has 0 saturated carbocycles. The van der Waals surface area contributed by atoms with Crippen LogP contribution in [0.25, 0.3) is 0 Å². The van der Waals surface area contributed by atoms with E-state index in [1.807, 2.05) is 6.92 Å². The summed E-state index contributed by atoms with van der Waals surface area (Å²) >= 11 is 4.65.